The molecule has 0 aliphatic heterocycles. The fraction of sp³-hybridized carbons (Fsp3) is 0.188. The van der Waals surface area contributed by atoms with Crippen LogP contribution in [0.2, 0.25) is 0 Å². The Bertz CT molecular complexity index is 708. The second-order valence-electron chi connectivity index (χ2n) is 4.78. The summed E-state index contributed by atoms with van der Waals surface area (Å²) >= 11 is 0. The van der Waals surface area contributed by atoms with Crippen molar-refractivity contribution in [3.63, 3.8) is 0 Å². The molecule has 1 heterocycles. The van der Waals surface area contributed by atoms with Crippen molar-refractivity contribution in [2.45, 2.75) is 13.5 Å². The average molecular weight is 251 g/mol. The van der Waals surface area contributed by atoms with Crippen molar-refractivity contribution in [3.8, 4) is 0 Å². The van der Waals surface area contributed by atoms with E-state index in [0.717, 1.165) is 17.9 Å². The van der Waals surface area contributed by atoms with E-state index in [1.807, 2.05) is 18.7 Å². The van der Waals surface area contributed by atoms with Crippen LogP contribution in [-0.4, -0.2) is 9.78 Å². The van der Waals surface area contributed by atoms with Crippen LogP contribution in [0.25, 0.3) is 10.8 Å². The van der Waals surface area contributed by atoms with Gasteiger partial charge in [-0.25, -0.2) is 0 Å². The van der Waals surface area contributed by atoms with Gasteiger partial charge in [0.2, 0.25) is 0 Å². The van der Waals surface area contributed by atoms with Crippen LogP contribution in [0.3, 0.4) is 0 Å². The molecule has 19 heavy (non-hydrogen) atoms. The molecule has 0 bridgehead atoms. The van der Waals surface area contributed by atoms with Crippen LogP contribution in [0.5, 0.6) is 0 Å². The molecule has 3 nitrogen and oxygen atoms in total. The summed E-state index contributed by atoms with van der Waals surface area (Å²) in [7, 11) is 1.98. The van der Waals surface area contributed by atoms with Crippen molar-refractivity contribution in [2.75, 3.05) is 5.32 Å². The highest BCUT2D eigenvalue weighted by Gasteiger charge is 2.03. The molecule has 1 aromatic heterocycles. The maximum Gasteiger partial charge on any atom is 0.0597 e. The summed E-state index contributed by atoms with van der Waals surface area (Å²) in [6.07, 6.45) is 0. The third-order valence-corrected chi connectivity index (χ3v) is 3.35. The molecule has 0 atom stereocenters. The fourth-order valence-corrected chi connectivity index (χ4v) is 2.40. The first-order valence-corrected chi connectivity index (χ1v) is 6.45. The van der Waals surface area contributed by atoms with Crippen LogP contribution in [0.4, 0.5) is 5.69 Å². The van der Waals surface area contributed by atoms with E-state index in [9.17, 15) is 0 Å². The smallest absolute Gasteiger partial charge is 0.0597 e. The number of aryl methyl sites for hydroxylation is 2. The largest absolute Gasteiger partial charge is 0.379 e. The lowest BCUT2D eigenvalue weighted by molar-refractivity contribution is 0.713. The molecule has 2 aromatic carbocycles. The van der Waals surface area contributed by atoms with Crippen molar-refractivity contribution >= 4 is 16.5 Å². The zero-order valence-corrected chi connectivity index (χ0v) is 11.2. The monoisotopic (exact) mass is 251 g/mol. The molecule has 0 spiro atoms. The molecule has 0 saturated heterocycles. The van der Waals surface area contributed by atoms with E-state index in [0.29, 0.717) is 0 Å². The van der Waals surface area contributed by atoms with Gasteiger partial charge in [-0.05, 0) is 24.4 Å². The number of rotatable bonds is 3. The Kier molecular flexibility index (Phi) is 2.95. The van der Waals surface area contributed by atoms with Gasteiger partial charge < -0.3 is 5.32 Å². The standard InChI is InChI=1S/C16H17N3/c1-12-10-14(19(2)18-12)11-17-16-9-5-7-13-6-3-4-8-15(13)16/h3-10,17H,11H2,1-2H3. The minimum absolute atomic E-state index is 0.783. The van der Waals surface area contributed by atoms with Crippen molar-refractivity contribution < 1.29 is 0 Å². The molecule has 3 rings (SSSR count). The van der Waals surface area contributed by atoms with Gasteiger partial charge in [0.25, 0.3) is 0 Å². The lowest BCUT2D eigenvalue weighted by Gasteiger charge is -2.09. The van der Waals surface area contributed by atoms with Crippen LogP contribution < -0.4 is 5.32 Å². The number of nitrogens with zero attached hydrogens (tertiary/aromatic N) is 2. The summed E-state index contributed by atoms with van der Waals surface area (Å²) in [4.78, 5) is 0. The highest BCUT2D eigenvalue weighted by Crippen LogP contribution is 2.23. The summed E-state index contributed by atoms with van der Waals surface area (Å²) in [6.45, 7) is 2.80. The normalized spacial score (nSPS) is 10.8. The molecule has 0 amide bonds. The third kappa shape index (κ3) is 2.32. The number of anilines is 1. The van der Waals surface area contributed by atoms with E-state index in [-0.39, 0.29) is 0 Å². The predicted octanol–water partition coefficient (Wildman–Crippen LogP) is 3.49. The van der Waals surface area contributed by atoms with Crippen molar-refractivity contribution in [2.24, 2.45) is 7.05 Å². The number of aromatic nitrogens is 2. The zero-order chi connectivity index (χ0) is 13.2. The van der Waals surface area contributed by atoms with Crippen LogP contribution >= 0.6 is 0 Å². The van der Waals surface area contributed by atoms with Crippen LogP contribution in [0.1, 0.15) is 11.4 Å². The van der Waals surface area contributed by atoms with Crippen LogP contribution in [0, 0.1) is 6.92 Å². The number of nitrogens with one attached hydrogen (secondary N) is 1. The molecular weight excluding hydrogens is 234 g/mol. The second kappa shape index (κ2) is 4.76. The van der Waals surface area contributed by atoms with Gasteiger partial charge in [-0.2, -0.15) is 5.10 Å². The van der Waals surface area contributed by atoms with Crippen molar-refractivity contribution in [3.05, 3.63) is 59.9 Å². The fourth-order valence-electron chi connectivity index (χ4n) is 2.40. The summed E-state index contributed by atoms with van der Waals surface area (Å²) < 4.78 is 1.92. The van der Waals surface area contributed by atoms with E-state index in [2.05, 4.69) is 58.9 Å². The molecule has 0 radical (unpaired) electrons. The molecule has 3 heteroatoms. The predicted molar refractivity (Wildman–Crippen MR) is 79.2 cm³/mol. The number of benzene rings is 2. The van der Waals surface area contributed by atoms with E-state index in [1.54, 1.807) is 0 Å². The van der Waals surface area contributed by atoms with Crippen LogP contribution in [0.15, 0.2) is 48.5 Å². The van der Waals surface area contributed by atoms with Gasteiger partial charge in [-0.3, -0.25) is 4.68 Å². The highest BCUT2D eigenvalue weighted by atomic mass is 15.3. The van der Waals surface area contributed by atoms with Gasteiger partial charge in [-0.15, -0.1) is 0 Å². The molecule has 96 valence electrons. The molecule has 3 aromatic rings. The van der Waals surface area contributed by atoms with Gasteiger partial charge in [0.05, 0.1) is 17.9 Å². The number of fused-ring (bicyclic) bond motifs is 1. The first-order valence-electron chi connectivity index (χ1n) is 6.45. The number of hydrogen-bond donors (Lipinski definition) is 1. The van der Waals surface area contributed by atoms with E-state index in [1.165, 1.54) is 16.5 Å². The van der Waals surface area contributed by atoms with Gasteiger partial charge in [0, 0.05) is 18.1 Å². The topological polar surface area (TPSA) is 29.9 Å². The first kappa shape index (κ1) is 11.8. The molecule has 0 unspecified atom stereocenters. The van der Waals surface area contributed by atoms with Crippen molar-refractivity contribution in [1.82, 2.24) is 9.78 Å². The maximum atomic E-state index is 4.36. The molecule has 0 fully saturated rings. The van der Waals surface area contributed by atoms with E-state index < -0.39 is 0 Å². The Hall–Kier alpha value is -2.29. The lowest BCUT2D eigenvalue weighted by Crippen LogP contribution is -2.05. The summed E-state index contributed by atoms with van der Waals surface area (Å²) in [6, 6.07) is 16.9. The Labute approximate surface area is 112 Å². The highest BCUT2D eigenvalue weighted by molar-refractivity contribution is 5.93. The summed E-state index contributed by atoms with van der Waals surface area (Å²) in [5.74, 6) is 0. The third-order valence-electron chi connectivity index (χ3n) is 3.35. The van der Waals surface area contributed by atoms with Gasteiger partial charge >= 0.3 is 0 Å². The Morgan fingerprint density at radius 1 is 1.11 bits per heavy atom. The van der Waals surface area contributed by atoms with Gasteiger partial charge in [0.1, 0.15) is 0 Å². The van der Waals surface area contributed by atoms with E-state index >= 15 is 0 Å². The SMILES string of the molecule is Cc1cc(CNc2cccc3ccccc23)n(C)n1. The quantitative estimate of drug-likeness (QED) is 0.772. The summed E-state index contributed by atoms with van der Waals surface area (Å²) in [5, 5.41) is 10.4. The number of hydrogen-bond acceptors (Lipinski definition) is 2. The molecule has 1 N–H and O–H groups in total. The summed E-state index contributed by atoms with van der Waals surface area (Å²) in [5.41, 5.74) is 3.40. The Morgan fingerprint density at radius 2 is 1.89 bits per heavy atom. The zero-order valence-electron chi connectivity index (χ0n) is 11.2. The lowest BCUT2D eigenvalue weighted by atomic mass is 10.1. The molecule has 0 aliphatic carbocycles. The minimum atomic E-state index is 0.783. The van der Waals surface area contributed by atoms with Gasteiger partial charge in [-0.1, -0.05) is 36.4 Å². The molecular formula is C16H17N3. The minimum Gasteiger partial charge on any atom is -0.379 e. The average Bonchev–Trinajstić information content (AvgIpc) is 2.74. The Balaban J connectivity index is 1.88. The Morgan fingerprint density at radius 3 is 2.68 bits per heavy atom. The van der Waals surface area contributed by atoms with Gasteiger partial charge in [0.15, 0.2) is 0 Å². The maximum absolute atomic E-state index is 4.36. The first-order chi connectivity index (χ1) is 9.24. The van der Waals surface area contributed by atoms with E-state index in [4.69, 9.17) is 0 Å². The molecule has 0 aliphatic rings. The molecule has 0 saturated carbocycles. The van der Waals surface area contributed by atoms with Crippen molar-refractivity contribution in [1.29, 1.82) is 0 Å². The van der Waals surface area contributed by atoms with Crippen LogP contribution in [-0.2, 0) is 13.6 Å². The second-order valence-corrected chi connectivity index (χ2v) is 4.78.